The predicted octanol–water partition coefficient (Wildman–Crippen LogP) is 1.73. The number of rotatable bonds is 1. The molecule has 0 fully saturated rings. The highest BCUT2D eigenvalue weighted by Gasteiger charge is 2.25. The van der Waals surface area contributed by atoms with Crippen molar-refractivity contribution in [3.63, 3.8) is 0 Å². The number of halogens is 1. The molecule has 0 radical (unpaired) electrons. The number of hydrogen-bond acceptors (Lipinski definition) is 3. The lowest BCUT2D eigenvalue weighted by Gasteiger charge is -2.27. The smallest absolute Gasteiger partial charge is 0.339 e. The van der Waals surface area contributed by atoms with Gasteiger partial charge in [-0.05, 0) is 31.5 Å². The Bertz CT molecular complexity index is 460. The molecule has 0 unspecified atom stereocenters. The van der Waals surface area contributed by atoms with Crippen molar-refractivity contribution in [3.05, 3.63) is 27.5 Å². The molecule has 0 spiro atoms. The molecule has 1 N–H and O–H groups in total. The molecule has 0 bridgehead atoms. The van der Waals surface area contributed by atoms with Crippen LogP contribution < -0.4 is 0 Å². The fourth-order valence-electron chi connectivity index (χ4n) is 2.12. The Balaban J connectivity index is 2.64. The van der Waals surface area contributed by atoms with E-state index >= 15 is 0 Å². The number of aryl methyl sites for hydroxylation is 1. The summed E-state index contributed by atoms with van der Waals surface area (Å²) in [5.41, 5.74) is 2.87. The van der Waals surface area contributed by atoms with E-state index in [1.807, 2.05) is 14.0 Å². The van der Waals surface area contributed by atoms with E-state index in [4.69, 9.17) is 16.7 Å². The minimum absolute atomic E-state index is 0.105. The normalized spacial score (nSPS) is 15.9. The molecule has 4 nitrogen and oxygen atoms in total. The van der Waals surface area contributed by atoms with Crippen LogP contribution in [0.25, 0.3) is 0 Å². The molecule has 1 aliphatic rings. The summed E-state index contributed by atoms with van der Waals surface area (Å²) in [5, 5.41) is 9.25. The lowest BCUT2D eigenvalue weighted by molar-refractivity contribution is 0.0694. The lowest BCUT2D eigenvalue weighted by atomic mass is 9.95. The van der Waals surface area contributed by atoms with Gasteiger partial charge in [0, 0.05) is 18.8 Å². The molecule has 86 valence electrons. The third kappa shape index (κ3) is 1.79. The number of hydrogen-bond donors (Lipinski definition) is 1. The number of carbonyl (C=O) groups is 1. The van der Waals surface area contributed by atoms with E-state index in [1.54, 1.807) is 0 Å². The van der Waals surface area contributed by atoms with E-state index in [0.717, 1.165) is 36.3 Å². The molecule has 0 atom stereocenters. The van der Waals surface area contributed by atoms with E-state index in [0.29, 0.717) is 0 Å². The summed E-state index contributed by atoms with van der Waals surface area (Å²) in [6.45, 7) is 3.47. The first kappa shape index (κ1) is 11.4. The van der Waals surface area contributed by atoms with Crippen molar-refractivity contribution in [2.24, 2.45) is 0 Å². The summed E-state index contributed by atoms with van der Waals surface area (Å²) in [6.07, 6.45) is 0.719. The van der Waals surface area contributed by atoms with Gasteiger partial charge in [0.05, 0.1) is 0 Å². The van der Waals surface area contributed by atoms with Crippen LogP contribution in [0.5, 0.6) is 0 Å². The van der Waals surface area contributed by atoms with E-state index in [9.17, 15) is 4.79 Å². The molecule has 0 saturated heterocycles. The van der Waals surface area contributed by atoms with Crippen LogP contribution in [0.3, 0.4) is 0 Å². The van der Waals surface area contributed by atoms with Gasteiger partial charge in [-0.1, -0.05) is 11.6 Å². The fraction of sp³-hybridized carbons (Fsp3) is 0.455. The molecule has 0 saturated carbocycles. The number of aromatic nitrogens is 1. The Kier molecular flexibility index (Phi) is 2.86. The van der Waals surface area contributed by atoms with Crippen molar-refractivity contribution in [1.29, 1.82) is 0 Å². The van der Waals surface area contributed by atoms with Crippen LogP contribution in [-0.4, -0.2) is 34.6 Å². The van der Waals surface area contributed by atoms with Crippen molar-refractivity contribution >= 4 is 17.6 Å². The molecule has 1 aromatic rings. The van der Waals surface area contributed by atoms with Gasteiger partial charge in [-0.3, -0.25) is 0 Å². The summed E-state index contributed by atoms with van der Waals surface area (Å²) >= 11 is 5.89. The maximum Gasteiger partial charge on any atom is 0.339 e. The average molecular weight is 241 g/mol. The number of aromatic carboxylic acids is 1. The molecule has 2 heterocycles. The summed E-state index contributed by atoms with van der Waals surface area (Å²) < 4.78 is 0. The monoisotopic (exact) mass is 240 g/mol. The van der Waals surface area contributed by atoms with Gasteiger partial charge in [0.2, 0.25) is 0 Å². The number of nitrogens with zero attached hydrogens (tertiary/aromatic N) is 2. The molecule has 5 heteroatoms. The molecule has 1 aromatic heterocycles. The highest BCUT2D eigenvalue weighted by Crippen LogP contribution is 2.28. The Hall–Kier alpha value is -1.13. The summed E-state index contributed by atoms with van der Waals surface area (Å²) in [7, 11) is 2.01. The molecule has 2 rings (SSSR count). The van der Waals surface area contributed by atoms with Gasteiger partial charge < -0.3 is 10.0 Å². The summed E-state index contributed by atoms with van der Waals surface area (Å²) in [4.78, 5) is 17.4. The zero-order valence-corrected chi connectivity index (χ0v) is 10.0. The van der Waals surface area contributed by atoms with Gasteiger partial charge in [0.25, 0.3) is 0 Å². The van der Waals surface area contributed by atoms with Crippen LogP contribution in [0.15, 0.2) is 0 Å². The average Bonchev–Trinajstić information content (AvgIpc) is 2.18. The maximum absolute atomic E-state index is 11.1. The van der Waals surface area contributed by atoms with Crippen molar-refractivity contribution in [2.75, 3.05) is 13.6 Å². The number of likely N-dealkylation sites (N-methyl/N-ethyl adjacent to an activating group) is 1. The number of pyridine rings is 1. The Morgan fingerprint density at radius 2 is 2.19 bits per heavy atom. The lowest BCUT2D eigenvalue weighted by Crippen LogP contribution is -2.29. The Labute approximate surface area is 98.9 Å². The summed E-state index contributed by atoms with van der Waals surface area (Å²) in [6, 6.07) is 0. The Morgan fingerprint density at radius 3 is 2.81 bits per heavy atom. The van der Waals surface area contributed by atoms with Crippen LogP contribution in [0.2, 0.25) is 5.15 Å². The third-order valence-corrected chi connectivity index (χ3v) is 3.23. The minimum Gasteiger partial charge on any atom is -0.478 e. The third-order valence-electron chi connectivity index (χ3n) is 2.96. The largest absolute Gasteiger partial charge is 0.478 e. The van der Waals surface area contributed by atoms with Crippen molar-refractivity contribution < 1.29 is 9.90 Å². The van der Waals surface area contributed by atoms with Crippen LogP contribution in [0.4, 0.5) is 0 Å². The van der Waals surface area contributed by atoms with Crippen LogP contribution >= 0.6 is 11.6 Å². The molecule has 0 aromatic carbocycles. The van der Waals surface area contributed by atoms with E-state index in [1.165, 1.54) is 0 Å². The highest BCUT2D eigenvalue weighted by molar-refractivity contribution is 6.32. The molecule has 16 heavy (non-hydrogen) atoms. The predicted molar refractivity (Wildman–Crippen MR) is 61.0 cm³/mol. The molecule has 1 aliphatic heterocycles. The van der Waals surface area contributed by atoms with Crippen LogP contribution in [0, 0.1) is 6.92 Å². The Morgan fingerprint density at radius 1 is 1.50 bits per heavy atom. The second kappa shape index (κ2) is 4.03. The SMILES string of the molecule is Cc1nc(Cl)c(C(=O)O)c2c1CN(C)CC2. The van der Waals surface area contributed by atoms with Gasteiger partial charge in [-0.15, -0.1) is 0 Å². The van der Waals surface area contributed by atoms with Crippen molar-refractivity contribution in [1.82, 2.24) is 9.88 Å². The van der Waals surface area contributed by atoms with Crippen molar-refractivity contribution in [3.8, 4) is 0 Å². The highest BCUT2D eigenvalue weighted by atomic mass is 35.5. The number of carboxylic acids is 1. The molecule has 0 aliphatic carbocycles. The van der Waals surface area contributed by atoms with Gasteiger partial charge in [-0.25, -0.2) is 9.78 Å². The van der Waals surface area contributed by atoms with Crippen molar-refractivity contribution in [2.45, 2.75) is 19.9 Å². The first-order valence-electron chi connectivity index (χ1n) is 5.10. The van der Waals surface area contributed by atoms with Gasteiger partial charge in [0.15, 0.2) is 0 Å². The minimum atomic E-state index is -0.988. The number of carboxylic acid groups (broad SMARTS) is 1. The second-order valence-electron chi connectivity index (χ2n) is 4.11. The van der Waals surface area contributed by atoms with Gasteiger partial charge in [-0.2, -0.15) is 0 Å². The zero-order chi connectivity index (χ0) is 11.9. The van der Waals surface area contributed by atoms with Crippen LogP contribution in [0.1, 0.15) is 27.2 Å². The second-order valence-corrected chi connectivity index (χ2v) is 4.47. The fourth-order valence-corrected chi connectivity index (χ4v) is 2.44. The zero-order valence-electron chi connectivity index (χ0n) is 9.25. The first-order valence-corrected chi connectivity index (χ1v) is 5.48. The van der Waals surface area contributed by atoms with E-state index in [-0.39, 0.29) is 10.7 Å². The van der Waals surface area contributed by atoms with Crippen LogP contribution in [-0.2, 0) is 13.0 Å². The number of fused-ring (bicyclic) bond motifs is 1. The van der Waals surface area contributed by atoms with Gasteiger partial charge >= 0.3 is 5.97 Å². The van der Waals surface area contributed by atoms with Gasteiger partial charge in [0.1, 0.15) is 10.7 Å². The molecular formula is C11H13ClN2O2. The summed E-state index contributed by atoms with van der Waals surface area (Å²) in [5.74, 6) is -0.988. The topological polar surface area (TPSA) is 53.4 Å². The quantitative estimate of drug-likeness (QED) is 0.760. The maximum atomic E-state index is 11.1. The standard InChI is InChI=1S/C11H13ClN2O2/c1-6-8-5-14(2)4-3-7(8)9(11(15)16)10(12)13-6/h3-5H2,1-2H3,(H,15,16). The first-order chi connectivity index (χ1) is 7.50. The molecule has 0 amide bonds. The van der Waals surface area contributed by atoms with E-state index < -0.39 is 5.97 Å². The van der Waals surface area contributed by atoms with E-state index in [2.05, 4.69) is 9.88 Å². The molecular weight excluding hydrogens is 228 g/mol.